The molecule has 3 fully saturated rings. The highest BCUT2D eigenvalue weighted by molar-refractivity contribution is 8.00. The molecule has 1 aromatic carbocycles. The molecular formula is C24H38N2O3S2. The van der Waals surface area contributed by atoms with Gasteiger partial charge in [-0.3, -0.25) is 10.2 Å². The molecule has 4 rings (SSSR count). The first-order valence-electron chi connectivity index (χ1n) is 12.0. The van der Waals surface area contributed by atoms with Gasteiger partial charge in [-0.2, -0.15) is 11.8 Å². The van der Waals surface area contributed by atoms with Crippen molar-refractivity contribution in [1.82, 2.24) is 10.2 Å². The highest BCUT2D eigenvalue weighted by atomic mass is 32.2. The summed E-state index contributed by atoms with van der Waals surface area (Å²) in [6.45, 7) is 5.45. The Morgan fingerprint density at radius 3 is 2.68 bits per heavy atom. The normalized spacial score (nSPS) is 32.1. The fourth-order valence-electron chi connectivity index (χ4n) is 5.50. The molecule has 174 valence electrons. The molecule has 0 spiro atoms. The van der Waals surface area contributed by atoms with E-state index in [-0.39, 0.29) is 12.3 Å². The van der Waals surface area contributed by atoms with Gasteiger partial charge in [0.2, 0.25) is 0 Å². The first-order chi connectivity index (χ1) is 15.0. The van der Waals surface area contributed by atoms with Gasteiger partial charge in [-0.15, -0.1) is 0 Å². The number of rotatable bonds is 8. The van der Waals surface area contributed by atoms with Gasteiger partial charge < -0.3 is 4.74 Å². The van der Waals surface area contributed by atoms with E-state index in [2.05, 4.69) is 17.1 Å². The summed E-state index contributed by atoms with van der Waals surface area (Å²) in [6.07, 6.45) is 9.86. The van der Waals surface area contributed by atoms with Crippen molar-refractivity contribution in [2.75, 3.05) is 31.7 Å². The van der Waals surface area contributed by atoms with E-state index in [4.69, 9.17) is 4.74 Å². The van der Waals surface area contributed by atoms with Crippen LogP contribution in [0.4, 0.5) is 0 Å². The largest absolute Gasteiger partial charge is 0.362 e. The second-order valence-corrected chi connectivity index (χ2v) is 12.9. The van der Waals surface area contributed by atoms with Crippen molar-refractivity contribution in [3.63, 3.8) is 0 Å². The molecule has 0 saturated carbocycles. The summed E-state index contributed by atoms with van der Waals surface area (Å²) in [5.74, 6) is 1.80. The molecule has 1 aromatic rings. The number of thioether (sulfide) groups is 1. The van der Waals surface area contributed by atoms with E-state index in [9.17, 15) is 8.42 Å². The summed E-state index contributed by atoms with van der Waals surface area (Å²) in [7, 11) is -3.18. The summed E-state index contributed by atoms with van der Waals surface area (Å²) in [4.78, 5) is 3.10. The first-order valence-corrected chi connectivity index (χ1v) is 14.9. The van der Waals surface area contributed by atoms with Crippen LogP contribution in [0.2, 0.25) is 0 Å². The van der Waals surface area contributed by atoms with Gasteiger partial charge in [0.05, 0.1) is 11.5 Å². The van der Waals surface area contributed by atoms with E-state index < -0.39 is 9.84 Å². The molecule has 0 aliphatic carbocycles. The van der Waals surface area contributed by atoms with Crippen molar-refractivity contribution in [2.24, 2.45) is 5.92 Å². The summed E-state index contributed by atoms with van der Waals surface area (Å²) in [5, 5.41) is 4.45. The fraction of sp³-hybridized carbons (Fsp3) is 0.750. The number of nitrogens with zero attached hydrogens (tertiary/aromatic N) is 1. The van der Waals surface area contributed by atoms with Crippen LogP contribution < -0.4 is 5.32 Å². The lowest BCUT2D eigenvalue weighted by Gasteiger charge is -2.50. The molecule has 3 aliphatic heterocycles. The van der Waals surface area contributed by atoms with Gasteiger partial charge in [0.25, 0.3) is 0 Å². The van der Waals surface area contributed by atoms with Crippen LogP contribution in [-0.2, 0) is 14.6 Å². The SMILES string of the molecule is CCCCN1CCCC2C(c3ccc(S(C)(=O)=O)cc3)NC(OCC3CCCS3)CC21. The highest BCUT2D eigenvalue weighted by Crippen LogP contribution is 2.41. The molecule has 0 amide bonds. The zero-order chi connectivity index (χ0) is 21.8. The quantitative estimate of drug-likeness (QED) is 0.618. The Morgan fingerprint density at radius 2 is 2.00 bits per heavy atom. The van der Waals surface area contributed by atoms with Gasteiger partial charge >= 0.3 is 0 Å². The third kappa shape index (κ3) is 5.85. The predicted octanol–water partition coefficient (Wildman–Crippen LogP) is 4.24. The summed E-state index contributed by atoms with van der Waals surface area (Å²) < 4.78 is 30.3. The Kier molecular flexibility index (Phi) is 8.02. The highest BCUT2D eigenvalue weighted by Gasteiger charge is 2.43. The maximum Gasteiger partial charge on any atom is 0.175 e. The van der Waals surface area contributed by atoms with Gasteiger partial charge in [0.1, 0.15) is 6.23 Å². The van der Waals surface area contributed by atoms with E-state index in [0.717, 1.165) is 13.0 Å². The number of hydrogen-bond acceptors (Lipinski definition) is 6. The van der Waals surface area contributed by atoms with Crippen molar-refractivity contribution < 1.29 is 13.2 Å². The van der Waals surface area contributed by atoms with E-state index in [1.54, 1.807) is 12.1 Å². The van der Waals surface area contributed by atoms with Gasteiger partial charge in [-0.05, 0) is 74.6 Å². The summed E-state index contributed by atoms with van der Waals surface area (Å²) >= 11 is 2.05. The number of nitrogens with one attached hydrogen (secondary N) is 1. The topological polar surface area (TPSA) is 58.6 Å². The minimum absolute atomic E-state index is 0.0595. The van der Waals surface area contributed by atoms with Crippen LogP contribution in [0.25, 0.3) is 0 Å². The lowest BCUT2D eigenvalue weighted by atomic mass is 9.76. The maximum atomic E-state index is 11.9. The maximum absolute atomic E-state index is 11.9. The number of hydrogen-bond donors (Lipinski definition) is 1. The number of fused-ring (bicyclic) bond motifs is 1. The smallest absolute Gasteiger partial charge is 0.175 e. The van der Waals surface area contributed by atoms with E-state index >= 15 is 0 Å². The number of unbranched alkanes of at least 4 members (excludes halogenated alkanes) is 1. The number of ether oxygens (including phenoxy) is 1. The average molecular weight is 467 g/mol. The van der Waals surface area contributed by atoms with Gasteiger partial charge in [0.15, 0.2) is 9.84 Å². The molecule has 0 bridgehead atoms. The summed E-state index contributed by atoms with van der Waals surface area (Å²) in [5.41, 5.74) is 1.18. The average Bonchev–Trinajstić information content (AvgIpc) is 3.29. The van der Waals surface area contributed by atoms with Crippen molar-refractivity contribution in [3.05, 3.63) is 29.8 Å². The molecule has 7 heteroatoms. The Labute approximate surface area is 192 Å². The monoisotopic (exact) mass is 466 g/mol. The van der Waals surface area contributed by atoms with E-state index in [1.165, 1.54) is 69.2 Å². The third-order valence-electron chi connectivity index (χ3n) is 7.17. The molecule has 31 heavy (non-hydrogen) atoms. The Hall–Kier alpha value is -0.600. The lowest BCUT2D eigenvalue weighted by Crippen LogP contribution is -2.58. The van der Waals surface area contributed by atoms with Crippen LogP contribution in [0.1, 0.15) is 63.5 Å². The summed E-state index contributed by atoms with van der Waals surface area (Å²) in [6, 6.07) is 8.27. The Bertz CT molecular complexity index is 809. The molecule has 1 N–H and O–H groups in total. The molecule has 5 atom stereocenters. The van der Waals surface area contributed by atoms with Crippen LogP contribution in [0.15, 0.2) is 29.2 Å². The van der Waals surface area contributed by atoms with Crippen LogP contribution in [0.3, 0.4) is 0 Å². The minimum Gasteiger partial charge on any atom is -0.362 e. The molecule has 3 heterocycles. The number of piperidine rings is 2. The molecule has 3 aliphatic rings. The van der Waals surface area contributed by atoms with Crippen LogP contribution in [-0.4, -0.2) is 62.5 Å². The first kappa shape index (κ1) is 23.6. The van der Waals surface area contributed by atoms with Crippen LogP contribution >= 0.6 is 11.8 Å². The third-order valence-corrected chi connectivity index (χ3v) is 9.66. The van der Waals surface area contributed by atoms with Crippen molar-refractivity contribution in [2.45, 2.75) is 80.3 Å². The molecular weight excluding hydrogens is 428 g/mol. The molecule has 0 aromatic heterocycles. The standard InChI is InChI=1S/C24H38N2O3S2/c1-3-4-13-26-14-5-8-21-22(26)16-23(29-17-19-7-6-15-30-19)25-24(21)18-9-11-20(12-10-18)31(2,27)28/h9-12,19,21-25H,3-8,13-17H2,1-2H3. The molecule has 3 saturated heterocycles. The van der Waals surface area contributed by atoms with Crippen molar-refractivity contribution in [1.29, 1.82) is 0 Å². The molecule has 5 unspecified atom stereocenters. The van der Waals surface area contributed by atoms with Crippen molar-refractivity contribution in [3.8, 4) is 0 Å². The van der Waals surface area contributed by atoms with Crippen molar-refractivity contribution >= 4 is 21.6 Å². The zero-order valence-electron chi connectivity index (χ0n) is 19.0. The minimum atomic E-state index is -3.18. The van der Waals surface area contributed by atoms with Crippen LogP contribution in [0, 0.1) is 5.92 Å². The predicted molar refractivity (Wildman–Crippen MR) is 128 cm³/mol. The van der Waals surface area contributed by atoms with Gasteiger partial charge in [-0.1, -0.05) is 25.5 Å². The van der Waals surface area contributed by atoms with Gasteiger partial charge in [0, 0.05) is 30.0 Å². The van der Waals surface area contributed by atoms with Gasteiger partial charge in [-0.25, -0.2) is 8.42 Å². The van der Waals surface area contributed by atoms with E-state index in [1.807, 2.05) is 23.9 Å². The number of benzene rings is 1. The number of likely N-dealkylation sites (tertiary alicyclic amines) is 1. The second-order valence-electron chi connectivity index (χ2n) is 9.44. The Morgan fingerprint density at radius 1 is 1.19 bits per heavy atom. The second kappa shape index (κ2) is 10.6. The van der Waals surface area contributed by atoms with Crippen LogP contribution in [0.5, 0.6) is 0 Å². The van der Waals surface area contributed by atoms with E-state index in [0.29, 0.717) is 22.1 Å². The lowest BCUT2D eigenvalue weighted by molar-refractivity contribution is -0.0661. The zero-order valence-corrected chi connectivity index (χ0v) is 20.6. The number of sulfone groups is 1. The fourth-order valence-corrected chi connectivity index (χ4v) is 7.31. The molecule has 5 nitrogen and oxygen atoms in total. The Balaban J connectivity index is 1.53. The molecule has 0 radical (unpaired) electrons.